The summed E-state index contributed by atoms with van der Waals surface area (Å²) in [6.07, 6.45) is 0.110. The van der Waals surface area contributed by atoms with E-state index >= 15 is 0 Å². The largest absolute Gasteiger partial charge is 0.480 e. The Bertz CT molecular complexity index is 687. The Morgan fingerprint density at radius 1 is 1.38 bits per heavy atom. The van der Waals surface area contributed by atoms with Crippen LogP contribution in [0.25, 0.3) is 0 Å². The standard InChI is InChI=1S/C13H14N2O5S/c14-9-10-2-1-3-11(8-10)21(18,19)15-13(12(16)17)4-6-20-7-5-13/h1-3,8,15H,4-7H2,(H,16,17). The zero-order chi connectivity index (χ0) is 15.5. The number of nitriles is 1. The quantitative estimate of drug-likeness (QED) is 0.835. The van der Waals surface area contributed by atoms with Gasteiger partial charge in [-0.2, -0.15) is 9.98 Å². The first-order chi connectivity index (χ1) is 9.89. The van der Waals surface area contributed by atoms with Gasteiger partial charge in [0.05, 0.1) is 16.5 Å². The molecule has 0 aromatic heterocycles. The van der Waals surface area contributed by atoms with Crippen molar-refractivity contribution in [2.45, 2.75) is 23.3 Å². The van der Waals surface area contributed by atoms with Crippen molar-refractivity contribution in [2.24, 2.45) is 0 Å². The summed E-state index contributed by atoms with van der Waals surface area (Å²) in [7, 11) is -4.03. The van der Waals surface area contributed by atoms with E-state index in [0.717, 1.165) is 0 Å². The average molecular weight is 310 g/mol. The van der Waals surface area contributed by atoms with Crippen LogP contribution in [0.4, 0.5) is 0 Å². The van der Waals surface area contributed by atoms with Crippen LogP contribution in [0, 0.1) is 11.3 Å². The highest BCUT2D eigenvalue weighted by molar-refractivity contribution is 7.89. The molecule has 112 valence electrons. The van der Waals surface area contributed by atoms with Crippen LogP contribution >= 0.6 is 0 Å². The molecule has 1 heterocycles. The highest BCUT2D eigenvalue weighted by atomic mass is 32.2. The Morgan fingerprint density at radius 3 is 2.62 bits per heavy atom. The van der Waals surface area contributed by atoms with Crippen LogP contribution in [-0.2, 0) is 19.6 Å². The molecule has 8 heteroatoms. The van der Waals surface area contributed by atoms with Gasteiger partial charge in [0.15, 0.2) is 0 Å². The van der Waals surface area contributed by atoms with Gasteiger partial charge in [-0.25, -0.2) is 8.42 Å². The molecule has 1 aliphatic rings. The zero-order valence-corrected chi connectivity index (χ0v) is 11.9. The number of hydrogen-bond donors (Lipinski definition) is 2. The van der Waals surface area contributed by atoms with Crippen molar-refractivity contribution >= 4 is 16.0 Å². The highest BCUT2D eigenvalue weighted by Gasteiger charge is 2.43. The lowest BCUT2D eigenvalue weighted by atomic mass is 9.92. The van der Waals surface area contributed by atoms with Crippen molar-refractivity contribution in [2.75, 3.05) is 13.2 Å². The summed E-state index contributed by atoms with van der Waals surface area (Å²) in [6.45, 7) is 0.347. The second kappa shape index (κ2) is 5.81. The Kier molecular flexibility index (Phi) is 4.27. The summed E-state index contributed by atoms with van der Waals surface area (Å²) in [5, 5.41) is 18.2. The van der Waals surface area contributed by atoms with Crippen molar-refractivity contribution in [1.29, 1.82) is 5.26 Å². The summed E-state index contributed by atoms with van der Waals surface area (Å²) < 4.78 is 32.1. The fourth-order valence-corrected chi connectivity index (χ4v) is 3.59. The molecule has 7 nitrogen and oxygen atoms in total. The smallest absolute Gasteiger partial charge is 0.325 e. The van der Waals surface area contributed by atoms with Gasteiger partial charge in [-0.15, -0.1) is 0 Å². The van der Waals surface area contributed by atoms with Crippen LogP contribution in [0.1, 0.15) is 18.4 Å². The van der Waals surface area contributed by atoms with Crippen molar-refractivity contribution in [3.8, 4) is 6.07 Å². The molecule has 1 aromatic carbocycles. The molecular formula is C13H14N2O5S. The summed E-state index contributed by atoms with van der Waals surface area (Å²) >= 11 is 0. The van der Waals surface area contributed by atoms with Crippen molar-refractivity contribution in [1.82, 2.24) is 4.72 Å². The number of ether oxygens (including phenoxy) is 1. The molecule has 0 saturated carbocycles. The van der Waals surface area contributed by atoms with Crippen LogP contribution in [0.5, 0.6) is 0 Å². The maximum Gasteiger partial charge on any atom is 0.325 e. The van der Waals surface area contributed by atoms with Crippen LogP contribution in [0.3, 0.4) is 0 Å². The van der Waals surface area contributed by atoms with Gasteiger partial charge in [0.25, 0.3) is 0 Å². The first-order valence-corrected chi connectivity index (χ1v) is 7.73. The van der Waals surface area contributed by atoms with E-state index < -0.39 is 21.5 Å². The molecule has 0 bridgehead atoms. The SMILES string of the molecule is N#Cc1cccc(S(=O)(=O)NC2(C(=O)O)CCOCC2)c1. The van der Waals surface area contributed by atoms with E-state index in [9.17, 15) is 18.3 Å². The summed E-state index contributed by atoms with van der Waals surface area (Å²) in [5.74, 6) is -1.23. The van der Waals surface area contributed by atoms with Gasteiger partial charge in [-0.05, 0) is 18.2 Å². The fraction of sp³-hybridized carbons (Fsp3) is 0.385. The number of nitrogens with one attached hydrogen (secondary N) is 1. The van der Waals surface area contributed by atoms with E-state index in [4.69, 9.17) is 10.00 Å². The molecule has 0 atom stereocenters. The molecule has 2 rings (SSSR count). The van der Waals surface area contributed by atoms with Crippen molar-refractivity contribution < 1.29 is 23.1 Å². The number of carboxylic acids is 1. The Labute approximate surface area is 122 Å². The molecule has 0 spiro atoms. The van der Waals surface area contributed by atoms with E-state index in [1.54, 1.807) is 0 Å². The van der Waals surface area contributed by atoms with Crippen LogP contribution in [-0.4, -0.2) is 38.2 Å². The second-order valence-corrected chi connectivity index (χ2v) is 6.43. The zero-order valence-electron chi connectivity index (χ0n) is 11.1. The summed E-state index contributed by atoms with van der Waals surface area (Å²) in [6, 6.07) is 7.28. The lowest BCUT2D eigenvalue weighted by molar-refractivity contribution is -0.147. The fourth-order valence-electron chi connectivity index (χ4n) is 2.13. The maximum absolute atomic E-state index is 12.4. The van der Waals surface area contributed by atoms with Gasteiger partial charge in [0.2, 0.25) is 10.0 Å². The van der Waals surface area contributed by atoms with Gasteiger partial charge in [0.1, 0.15) is 5.54 Å². The number of nitrogens with zero attached hydrogens (tertiary/aromatic N) is 1. The molecule has 0 amide bonds. The Hall–Kier alpha value is -1.95. The monoisotopic (exact) mass is 310 g/mol. The second-order valence-electron chi connectivity index (χ2n) is 4.74. The van der Waals surface area contributed by atoms with Gasteiger partial charge in [-0.1, -0.05) is 6.07 Å². The minimum atomic E-state index is -4.03. The average Bonchev–Trinajstić information content (AvgIpc) is 2.47. The Morgan fingerprint density at radius 2 is 2.05 bits per heavy atom. The van der Waals surface area contributed by atoms with Gasteiger partial charge >= 0.3 is 5.97 Å². The number of aliphatic carboxylic acids is 1. The third kappa shape index (κ3) is 3.21. The summed E-state index contributed by atoms with van der Waals surface area (Å²) in [5.41, 5.74) is -1.38. The first-order valence-electron chi connectivity index (χ1n) is 6.25. The van der Waals surface area contributed by atoms with Gasteiger partial charge in [-0.3, -0.25) is 4.79 Å². The molecule has 21 heavy (non-hydrogen) atoms. The predicted molar refractivity (Wildman–Crippen MR) is 71.9 cm³/mol. The lowest BCUT2D eigenvalue weighted by Gasteiger charge is -2.33. The summed E-state index contributed by atoms with van der Waals surface area (Å²) in [4.78, 5) is 11.3. The number of benzene rings is 1. The minimum absolute atomic E-state index is 0.0551. The van der Waals surface area contributed by atoms with Gasteiger partial charge < -0.3 is 9.84 Å². The van der Waals surface area contributed by atoms with Crippen molar-refractivity contribution in [3.05, 3.63) is 29.8 Å². The maximum atomic E-state index is 12.4. The molecule has 0 unspecified atom stereocenters. The highest BCUT2D eigenvalue weighted by Crippen LogP contribution is 2.24. The molecule has 1 aliphatic heterocycles. The van der Waals surface area contributed by atoms with Crippen molar-refractivity contribution in [3.63, 3.8) is 0 Å². The van der Waals surface area contributed by atoms with Crippen LogP contribution < -0.4 is 4.72 Å². The minimum Gasteiger partial charge on any atom is -0.480 e. The molecular weight excluding hydrogens is 296 g/mol. The molecule has 1 saturated heterocycles. The van der Waals surface area contributed by atoms with E-state index in [1.807, 2.05) is 6.07 Å². The third-order valence-electron chi connectivity index (χ3n) is 3.36. The Balaban J connectivity index is 2.35. The molecule has 1 fully saturated rings. The van der Waals surface area contributed by atoms with E-state index in [2.05, 4.69) is 4.72 Å². The molecule has 0 radical (unpaired) electrons. The van der Waals surface area contributed by atoms with Gasteiger partial charge in [0, 0.05) is 26.1 Å². The number of carboxylic acid groups (broad SMARTS) is 1. The molecule has 0 aliphatic carbocycles. The molecule has 2 N–H and O–H groups in total. The van der Waals surface area contributed by atoms with Crippen LogP contribution in [0.15, 0.2) is 29.2 Å². The number of carbonyl (C=O) groups is 1. The van der Waals surface area contributed by atoms with E-state index in [-0.39, 0.29) is 36.5 Å². The lowest BCUT2D eigenvalue weighted by Crippen LogP contribution is -2.57. The van der Waals surface area contributed by atoms with E-state index in [0.29, 0.717) is 0 Å². The number of hydrogen-bond acceptors (Lipinski definition) is 5. The molecule has 1 aromatic rings. The third-order valence-corrected chi connectivity index (χ3v) is 4.89. The number of rotatable bonds is 4. The predicted octanol–water partition coefficient (Wildman–Crippen LogP) is 0.470. The normalized spacial score (nSPS) is 17.9. The van der Waals surface area contributed by atoms with Crippen LogP contribution in [0.2, 0.25) is 0 Å². The number of sulfonamides is 1. The first kappa shape index (κ1) is 15.4. The topological polar surface area (TPSA) is 116 Å². The van der Waals surface area contributed by atoms with E-state index in [1.165, 1.54) is 24.3 Å².